The van der Waals surface area contributed by atoms with E-state index in [1.165, 1.54) is 56.9 Å². The van der Waals surface area contributed by atoms with E-state index < -0.39 is 0 Å². The first-order valence-electron chi connectivity index (χ1n) is 10.1. The number of hydrogen-bond acceptors (Lipinski definition) is 2. The summed E-state index contributed by atoms with van der Waals surface area (Å²) in [7, 11) is 0. The lowest BCUT2D eigenvalue weighted by Gasteiger charge is -2.26. The van der Waals surface area contributed by atoms with Crippen molar-refractivity contribution < 1.29 is 5.11 Å². The zero-order valence-corrected chi connectivity index (χ0v) is 15.4. The van der Waals surface area contributed by atoms with Gasteiger partial charge in [-0.05, 0) is 67.1 Å². The van der Waals surface area contributed by atoms with Gasteiger partial charge in [-0.15, -0.1) is 0 Å². The van der Waals surface area contributed by atoms with Gasteiger partial charge in [0, 0.05) is 5.54 Å². The Morgan fingerprint density at radius 3 is 2.79 bits per heavy atom. The average Bonchev–Trinajstić information content (AvgIpc) is 3.01. The Morgan fingerprint density at radius 1 is 1.17 bits per heavy atom. The van der Waals surface area contributed by atoms with Crippen molar-refractivity contribution >= 4 is 0 Å². The minimum Gasteiger partial charge on any atom is -0.394 e. The number of rotatable bonds is 7. The number of benzene rings is 1. The van der Waals surface area contributed by atoms with Crippen molar-refractivity contribution in [2.75, 3.05) is 6.61 Å². The van der Waals surface area contributed by atoms with Gasteiger partial charge in [0.05, 0.1) is 6.61 Å². The van der Waals surface area contributed by atoms with Gasteiger partial charge in [0.2, 0.25) is 0 Å². The largest absolute Gasteiger partial charge is 0.394 e. The lowest BCUT2D eigenvalue weighted by molar-refractivity contribution is 0.198. The van der Waals surface area contributed by atoms with Gasteiger partial charge in [-0.25, -0.2) is 0 Å². The fraction of sp³-hybridized carbons (Fsp3) is 0.727. The molecule has 3 N–H and O–H groups in total. The Morgan fingerprint density at radius 2 is 2.04 bits per heavy atom. The molecule has 0 aromatic heterocycles. The summed E-state index contributed by atoms with van der Waals surface area (Å²) in [5, 5.41) is 9.49. The second kappa shape index (κ2) is 8.01. The molecule has 0 heterocycles. The first-order chi connectivity index (χ1) is 11.6. The molecule has 0 aliphatic heterocycles. The van der Waals surface area contributed by atoms with Crippen LogP contribution in [-0.4, -0.2) is 17.3 Å². The summed E-state index contributed by atoms with van der Waals surface area (Å²) in [6.07, 6.45) is 13.9. The van der Waals surface area contributed by atoms with Crippen LogP contribution in [0.5, 0.6) is 0 Å². The van der Waals surface area contributed by atoms with Crippen molar-refractivity contribution in [3.63, 3.8) is 0 Å². The molecule has 1 aromatic carbocycles. The topological polar surface area (TPSA) is 46.2 Å². The van der Waals surface area contributed by atoms with Crippen LogP contribution in [-0.2, 0) is 12.8 Å². The lowest BCUT2D eigenvalue weighted by atomic mass is 9.79. The molecule has 0 spiro atoms. The van der Waals surface area contributed by atoms with Gasteiger partial charge in [0.25, 0.3) is 0 Å². The summed E-state index contributed by atoms with van der Waals surface area (Å²) in [4.78, 5) is 0. The van der Waals surface area contributed by atoms with Gasteiger partial charge in [-0.3, -0.25) is 0 Å². The van der Waals surface area contributed by atoms with E-state index in [-0.39, 0.29) is 12.1 Å². The number of aliphatic hydroxyl groups excluding tert-OH is 1. The van der Waals surface area contributed by atoms with Crippen molar-refractivity contribution in [2.24, 2.45) is 11.7 Å². The fourth-order valence-corrected chi connectivity index (χ4v) is 4.80. The van der Waals surface area contributed by atoms with Gasteiger partial charge in [-0.1, -0.05) is 57.2 Å². The Balaban J connectivity index is 1.58. The van der Waals surface area contributed by atoms with E-state index >= 15 is 0 Å². The summed E-state index contributed by atoms with van der Waals surface area (Å²) in [6, 6.07) is 7.18. The van der Waals surface area contributed by atoms with E-state index in [2.05, 4.69) is 25.1 Å². The molecule has 1 fully saturated rings. The van der Waals surface area contributed by atoms with Crippen molar-refractivity contribution in [2.45, 2.75) is 89.0 Å². The third kappa shape index (κ3) is 4.21. The summed E-state index contributed by atoms with van der Waals surface area (Å²) in [5.41, 5.74) is 10.5. The molecular weight excluding hydrogens is 294 g/mol. The summed E-state index contributed by atoms with van der Waals surface area (Å²) < 4.78 is 0. The fourth-order valence-electron chi connectivity index (χ4n) is 4.80. The SMILES string of the molecule is CCCCCC[C@@H]1CCc2cc(C3CCC(N)(CO)C3)ccc2C1. The molecule has 2 aliphatic carbocycles. The Hall–Kier alpha value is -0.860. The van der Waals surface area contributed by atoms with Gasteiger partial charge < -0.3 is 10.8 Å². The van der Waals surface area contributed by atoms with Crippen molar-refractivity contribution in [3.05, 3.63) is 34.9 Å². The van der Waals surface area contributed by atoms with Gasteiger partial charge in [0.15, 0.2) is 0 Å². The van der Waals surface area contributed by atoms with E-state index in [9.17, 15) is 5.11 Å². The standard InChI is InChI=1S/C22H35NO/c1-2-3-4-5-6-17-7-8-19-14-20(10-9-18(19)13-17)21-11-12-22(23,15-21)16-24/h9-10,14,17,21,24H,2-8,11-13,15-16,23H2,1H3/t17-,21?,22?/m1/s1. The zero-order chi connectivity index (χ0) is 17.0. The molecule has 0 radical (unpaired) electrons. The first kappa shape index (κ1) is 17.9. The third-order valence-corrected chi connectivity index (χ3v) is 6.46. The lowest BCUT2D eigenvalue weighted by Crippen LogP contribution is -2.40. The van der Waals surface area contributed by atoms with Crippen LogP contribution in [0.4, 0.5) is 0 Å². The summed E-state index contributed by atoms with van der Waals surface area (Å²) in [6.45, 7) is 2.40. The second-order valence-corrected chi connectivity index (χ2v) is 8.45. The molecule has 134 valence electrons. The van der Waals surface area contributed by atoms with Crippen LogP contribution in [0, 0.1) is 5.92 Å². The molecular formula is C22H35NO. The number of hydrogen-bond donors (Lipinski definition) is 2. The monoisotopic (exact) mass is 329 g/mol. The predicted octanol–water partition coefficient (Wildman–Crippen LogP) is 4.72. The Labute approximate surface area is 147 Å². The smallest absolute Gasteiger partial charge is 0.0611 e. The van der Waals surface area contributed by atoms with Gasteiger partial charge in [-0.2, -0.15) is 0 Å². The molecule has 2 heteroatoms. The highest BCUT2D eigenvalue weighted by atomic mass is 16.3. The van der Waals surface area contributed by atoms with Crippen LogP contribution < -0.4 is 5.73 Å². The molecule has 24 heavy (non-hydrogen) atoms. The molecule has 0 saturated heterocycles. The minimum absolute atomic E-state index is 0.119. The average molecular weight is 330 g/mol. The van der Waals surface area contributed by atoms with E-state index in [0.717, 1.165) is 25.2 Å². The van der Waals surface area contributed by atoms with Crippen LogP contribution in [0.3, 0.4) is 0 Å². The van der Waals surface area contributed by atoms with E-state index in [1.54, 1.807) is 11.1 Å². The van der Waals surface area contributed by atoms with Crippen molar-refractivity contribution in [1.82, 2.24) is 0 Å². The molecule has 1 aromatic rings. The number of aryl methyl sites for hydroxylation is 1. The van der Waals surface area contributed by atoms with Crippen LogP contribution in [0.1, 0.15) is 87.3 Å². The van der Waals surface area contributed by atoms with Crippen LogP contribution in [0.25, 0.3) is 0 Å². The van der Waals surface area contributed by atoms with Gasteiger partial charge in [0.1, 0.15) is 0 Å². The van der Waals surface area contributed by atoms with Crippen molar-refractivity contribution in [3.8, 4) is 0 Å². The normalized spacial score (nSPS) is 29.6. The molecule has 3 atom stereocenters. The Kier molecular flexibility index (Phi) is 5.99. The number of aliphatic hydroxyl groups is 1. The molecule has 2 aliphatic rings. The van der Waals surface area contributed by atoms with E-state index in [4.69, 9.17) is 5.73 Å². The first-order valence-corrected chi connectivity index (χ1v) is 10.1. The quantitative estimate of drug-likeness (QED) is 0.711. The molecule has 1 saturated carbocycles. The highest BCUT2D eigenvalue weighted by Gasteiger charge is 2.36. The Bertz CT molecular complexity index is 541. The van der Waals surface area contributed by atoms with Crippen LogP contribution in [0.2, 0.25) is 0 Å². The molecule has 0 amide bonds. The van der Waals surface area contributed by atoms with Crippen LogP contribution in [0.15, 0.2) is 18.2 Å². The third-order valence-electron chi connectivity index (χ3n) is 6.46. The highest BCUT2D eigenvalue weighted by molar-refractivity contribution is 5.36. The molecule has 2 nitrogen and oxygen atoms in total. The molecule has 2 unspecified atom stereocenters. The predicted molar refractivity (Wildman–Crippen MR) is 101 cm³/mol. The number of fused-ring (bicyclic) bond motifs is 1. The molecule has 3 rings (SSSR count). The minimum atomic E-state index is -0.343. The maximum Gasteiger partial charge on any atom is 0.0611 e. The number of nitrogens with two attached hydrogens (primary N) is 1. The van der Waals surface area contributed by atoms with Gasteiger partial charge >= 0.3 is 0 Å². The number of unbranched alkanes of at least 4 members (excludes halogenated alkanes) is 3. The summed E-state index contributed by atoms with van der Waals surface area (Å²) in [5.74, 6) is 1.44. The zero-order valence-electron chi connectivity index (χ0n) is 15.4. The highest BCUT2D eigenvalue weighted by Crippen LogP contribution is 2.40. The van der Waals surface area contributed by atoms with Crippen molar-refractivity contribution in [1.29, 1.82) is 0 Å². The summed E-state index contributed by atoms with van der Waals surface area (Å²) >= 11 is 0. The second-order valence-electron chi connectivity index (χ2n) is 8.45. The molecule has 0 bridgehead atoms. The van der Waals surface area contributed by atoms with E-state index in [0.29, 0.717) is 5.92 Å². The maximum absolute atomic E-state index is 9.49. The van der Waals surface area contributed by atoms with Crippen LogP contribution >= 0.6 is 0 Å². The maximum atomic E-state index is 9.49. The van der Waals surface area contributed by atoms with E-state index in [1.807, 2.05) is 0 Å².